The Bertz CT molecular complexity index is 373. The molecule has 1 aromatic rings. The molecule has 0 radical (unpaired) electrons. The van der Waals surface area contributed by atoms with E-state index in [1.54, 1.807) is 0 Å². The Balaban J connectivity index is 1.83. The van der Waals surface area contributed by atoms with E-state index in [4.69, 9.17) is 4.98 Å². The van der Waals surface area contributed by atoms with Gasteiger partial charge in [0.1, 0.15) is 5.82 Å². The van der Waals surface area contributed by atoms with Crippen LogP contribution >= 0.6 is 0 Å². The quantitative estimate of drug-likeness (QED) is 0.844. The number of hydrogen-bond acceptors (Lipinski definition) is 3. The highest BCUT2D eigenvalue weighted by atomic mass is 15.3. The fraction of sp³-hybridized carbons (Fsp3) is 0.846. The van der Waals surface area contributed by atoms with E-state index in [2.05, 4.69) is 22.4 Å². The lowest BCUT2D eigenvalue weighted by atomic mass is 9.93. The molecule has 94 valence electrons. The first kappa shape index (κ1) is 11.2. The van der Waals surface area contributed by atoms with Gasteiger partial charge in [0.15, 0.2) is 5.82 Å². The Hall–Kier alpha value is -0.900. The van der Waals surface area contributed by atoms with Gasteiger partial charge in [0.2, 0.25) is 0 Å². The zero-order valence-electron chi connectivity index (χ0n) is 10.6. The molecule has 1 aromatic heterocycles. The minimum Gasteiger partial charge on any atom is -0.305 e. The third kappa shape index (κ3) is 1.88. The summed E-state index contributed by atoms with van der Waals surface area (Å²) >= 11 is 0. The van der Waals surface area contributed by atoms with E-state index in [0.29, 0.717) is 5.92 Å². The summed E-state index contributed by atoms with van der Waals surface area (Å²) < 4.78 is 0. The molecule has 0 amide bonds. The van der Waals surface area contributed by atoms with E-state index < -0.39 is 0 Å². The summed E-state index contributed by atoms with van der Waals surface area (Å²) in [7, 11) is 0. The van der Waals surface area contributed by atoms with E-state index >= 15 is 0 Å². The number of aromatic nitrogens is 3. The summed E-state index contributed by atoms with van der Waals surface area (Å²) in [6.45, 7) is 3.32. The highest BCUT2D eigenvalue weighted by Gasteiger charge is 2.37. The maximum absolute atomic E-state index is 4.79. The molecule has 4 nitrogen and oxygen atoms in total. The molecule has 2 aliphatic rings. The van der Waals surface area contributed by atoms with Gasteiger partial charge in [-0.1, -0.05) is 19.8 Å². The molecule has 1 atom stereocenters. The first-order chi connectivity index (χ1) is 8.34. The van der Waals surface area contributed by atoms with E-state index in [9.17, 15) is 0 Å². The number of hydrogen-bond donors (Lipinski definition) is 2. The maximum Gasteiger partial charge on any atom is 0.170 e. The van der Waals surface area contributed by atoms with Crippen LogP contribution in [-0.2, 0) is 5.54 Å². The molecule has 2 N–H and O–H groups in total. The van der Waals surface area contributed by atoms with Crippen molar-refractivity contribution in [3.05, 3.63) is 11.6 Å². The Morgan fingerprint density at radius 2 is 2.12 bits per heavy atom. The Labute approximate surface area is 103 Å². The molecule has 1 aliphatic heterocycles. The van der Waals surface area contributed by atoms with Gasteiger partial charge in [0, 0.05) is 5.92 Å². The van der Waals surface area contributed by atoms with Gasteiger partial charge < -0.3 is 5.32 Å². The second-order valence-corrected chi connectivity index (χ2v) is 5.49. The molecule has 1 unspecified atom stereocenters. The van der Waals surface area contributed by atoms with Gasteiger partial charge in [-0.2, -0.15) is 5.10 Å². The number of nitrogens with one attached hydrogen (secondary N) is 2. The lowest BCUT2D eigenvalue weighted by Crippen LogP contribution is -2.37. The highest BCUT2D eigenvalue weighted by molar-refractivity contribution is 5.11. The van der Waals surface area contributed by atoms with Crippen molar-refractivity contribution in [3.8, 4) is 0 Å². The lowest BCUT2D eigenvalue weighted by Gasteiger charge is -2.24. The van der Waals surface area contributed by atoms with Crippen LogP contribution in [0, 0.1) is 0 Å². The third-order valence-corrected chi connectivity index (χ3v) is 4.52. The van der Waals surface area contributed by atoms with Gasteiger partial charge in [-0.15, -0.1) is 0 Å². The average molecular weight is 234 g/mol. The maximum atomic E-state index is 4.79. The van der Waals surface area contributed by atoms with E-state index in [1.165, 1.54) is 38.5 Å². The molecule has 2 heterocycles. The minimum atomic E-state index is 0.0490. The van der Waals surface area contributed by atoms with Gasteiger partial charge in [-0.25, -0.2) is 4.98 Å². The Morgan fingerprint density at radius 1 is 1.29 bits per heavy atom. The van der Waals surface area contributed by atoms with Crippen LogP contribution in [0.15, 0.2) is 0 Å². The van der Waals surface area contributed by atoms with Crippen LogP contribution in [0.3, 0.4) is 0 Å². The molecule has 1 saturated heterocycles. The molecule has 0 aromatic carbocycles. The lowest BCUT2D eigenvalue weighted by molar-refractivity contribution is 0.353. The fourth-order valence-electron chi connectivity index (χ4n) is 3.33. The topological polar surface area (TPSA) is 53.6 Å². The molecular weight excluding hydrogens is 212 g/mol. The predicted octanol–water partition coefficient (Wildman–Crippen LogP) is 2.45. The normalized spacial score (nSPS) is 30.2. The van der Waals surface area contributed by atoms with Gasteiger partial charge in [0.05, 0.1) is 5.54 Å². The van der Waals surface area contributed by atoms with Crippen LogP contribution in [0.5, 0.6) is 0 Å². The highest BCUT2D eigenvalue weighted by Crippen LogP contribution is 2.35. The van der Waals surface area contributed by atoms with Crippen molar-refractivity contribution >= 4 is 0 Å². The molecule has 2 fully saturated rings. The van der Waals surface area contributed by atoms with Gasteiger partial charge in [-0.05, 0) is 38.6 Å². The molecule has 0 spiro atoms. The van der Waals surface area contributed by atoms with Gasteiger partial charge in [-0.3, -0.25) is 5.10 Å². The summed E-state index contributed by atoms with van der Waals surface area (Å²) in [5.41, 5.74) is 0.0490. The van der Waals surface area contributed by atoms with Crippen molar-refractivity contribution in [2.45, 2.75) is 63.3 Å². The molecule has 1 saturated carbocycles. The van der Waals surface area contributed by atoms with E-state index in [0.717, 1.165) is 24.6 Å². The molecule has 4 heteroatoms. The SMILES string of the molecule is CCC1(c2n[nH]c(C3CCCC3)n2)CCCN1. The summed E-state index contributed by atoms with van der Waals surface area (Å²) in [5, 5.41) is 11.3. The van der Waals surface area contributed by atoms with Crippen LogP contribution in [0.1, 0.15) is 69.4 Å². The van der Waals surface area contributed by atoms with Crippen molar-refractivity contribution in [2.75, 3.05) is 6.54 Å². The number of aromatic amines is 1. The van der Waals surface area contributed by atoms with Crippen molar-refractivity contribution in [2.24, 2.45) is 0 Å². The van der Waals surface area contributed by atoms with Crippen LogP contribution in [-0.4, -0.2) is 21.7 Å². The Kier molecular flexibility index (Phi) is 2.90. The first-order valence-electron chi connectivity index (χ1n) is 7.02. The summed E-state index contributed by atoms with van der Waals surface area (Å²) in [4.78, 5) is 4.79. The predicted molar refractivity (Wildman–Crippen MR) is 66.8 cm³/mol. The summed E-state index contributed by atoms with van der Waals surface area (Å²) in [5.74, 6) is 2.75. The third-order valence-electron chi connectivity index (χ3n) is 4.52. The monoisotopic (exact) mass is 234 g/mol. The van der Waals surface area contributed by atoms with Gasteiger partial charge in [0.25, 0.3) is 0 Å². The van der Waals surface area contributed by atoms with Gasteiger partial charge >= 0.3 is 0 Å². The largest absolute Gasteiger partial charge is 0.305 e. The number of nitrogens with zero attached hydrogens (tertiary/aromatic N) is 2. The van der Waals surface area contributed by atoms with Crippen LogP contribution in [0.2, 0.25) is 0 Å². The molecular formula is C13H22N4. The van der Waals surface area contributed by atoms with Crippen LogP contribution in [0.25, 0.3) is 0 Å². The second kappa shape index (κ2) is 4.41. The minimum absolute atomic E-state index is 0.0490. The molecule has 0 bridgehead atoms. The van der Waals surface area contributed by atoms with E-state index in [-0.39, 0.29) is 5.54 Å². The summed E-state index contributed by atoms with van der Waals surface area (Å²) in [6.07, 6.45) is 8.74. The number of H-pyrrole nitrogens is 1. The first-order valence-corrected chi connectivity index (χ1v) is 7.02. The zero-order chi connectivity index (χ0) is 11.7. The fourth-order valence-corrected chi connectivity index (χ4v) is 3.33. The second-order valence-electron chi connectivity index (χ2n) is 5.49. The van der Waals surface area contributed by atoms with Crippen molar-refractivity contribution < 1.29 is 0 Å². The molecule has 3 rings (SSSR count). The smallest absolute Gasteiger partial charge is 0.170 e. The number of rotatable bonds is 3. The zero-order valence-corrected chi connectivity index (χ0v) is 10.6. The molecule has 17 heavy (non-hydrogen) atoms. The van der Waals surface area contributed by atoms with Crippen molar-refractivity contribution in [3.63, 3.8) is 0 Å². The van der Waals surface area contributed by atoms with E-state index in [1.807, 2.05) is 0 Å². The van der Waals surface area contributed by atoms with Crippen LogP contribution < -0.4 is 5.32 Å². The average Bonchev–Trinajstić information content (AvgIpc) is 3.10. The standard InChI is InChI=1S/C13H22N4/c1-2-13(8-5-9-14-13)12-15-11(16-17-12)10-6-3-4-7-10/h10,14H,2-9H2,1H3,(H,15,16,17). The summed E-state index contributed by atoms with van der Waals surface area (Å²) in [6, 6.07) is 0. The Morgan fingerprint density at radius 3 is 2.76 bits per heavy atom. The van der Waals surface area contributed by atoms with Crippen molar-refractivity contribution in [1.29, 1.82) is 0 Å². The van der Waals surface area contributed by atoms with Crippen molar-refractivity contribution in [1.82, 2.24) is 20.5 Å². The molecule has 1 aliphatic carbocycles. The van der Waals surface area contributed by atoms with Crippen LogP contribution in [0.4, 0.5) is 0 Å².